The second kappa shape index (κ2) is 7.59. The lowest BCUT2D eigenvalue weighted by molar-refractivity contribution is -0.118. The van der Waals surface area contributed by atoms with Crippen molar-refractivity contribution in [3.8, 4) is 0 Å². The van der Waals surface area contributed by atoms with Crippen molar-refractivity contribution in [1.82, 2.24) is 15.1 Å². The quantitative estimate of drug-likeness (QED) is 0.710. The van der Waals surface area contributed by atoms with E-state index in [1.165, 1.54) is 11.3 Å². The van der Waals surface area contributed by atoms with Crippen molar-refractivity contribution in [3.63, 3.8) is 0 Å². The molecule has 24 heavy (non-hydrogen) atoms. The summed E-state index contributed by atoms with van der Waals surface area (Å²) >= 11 is 1.27. The number of hydrogen-bond acceptors (Lipinski definition) is 5. The van der Waals surface area contributed by atoms with E-state index in [9.17, 15) is 9.59 Å². The SMILES string of the molecule is Cc1cnn(C(C)C(C)NC(C)C(=O)Nc2sccc2C(N)=O)c1. The minimum atomic E-state index is -0.553. The highest BCUT2D eigenvalue weighted by Crippen LogP contribution is 2.22. The van der Waals surface area contributed by atoms with Crippen molar-refractivity contribution in [2.75, 3.05) is 5.32 Å². The van der Waals surface area contributed by atoms with Gasteiger partial charge < -0.3 is 16.4 Å². The molecule has 0 radical (unpaired) electrons. The molecular formula is C16H23N5O2S. The Morgan fingerprint density at radius 1 is 1.33 bits per heavy atom. The number of amides is 2. The van der Waals surface area contributed by atoms with Crippen LogP contribution in [-0.4, -0.2) is 33.7 Å². The number of nitrogens with zero attached hydrogens (tertiary/aromatic N) is 2. The summed E-state index contributed by atoms with van der Waals surface area (Å²) in [5.74, 6) is -0.765. The summed E-state index contributed by atoms with van der Waals surface area (Å²) in [7, 11) is 0. The van der Waals surface area contributed by atoms with Gasteiger partial charge in [-0.1, -0.05) is 0 Å². The van der Waals surface area contributed by atoms with Gasteiger partial charge in [0, 0.05) is 12.2 Å². The minimum absolute atomic E-state index is 0.0315. The van der Waals surface area contributed by atoms with E-state index in [1.54, 1.807) is 18.4 Å². The number of aromatic nitrogens is 2. The molecule has 0 aliphatic heterocycles. The van der Waals surface area contributed by atoms with Crippen molar-refractivity contribution >= 4 is 28.2 Å². The minimum Gasteiger partial charge on any atom is -0.366 e. The lowest BCUT2D eigenvalue weighted by Crippen LogP contribution is -2.45. The summed E-state index contributed by atoms with van der Waals surface area (Å²) in [5, 5.41) is 12.5. The molecule has 2 aromatic heterocycles. The van der Waals surface area contributed by atoms with Gasteiger partial charge in [0.15, 0.2) is 0 Å². The molecule has 2 amide bonds. The van der Waals surface area contributed by atoms with Crippen LogP contribution in [0.4, 0.5) is 5.00 Å². The number of carbonyl (C=O) groups is 2. The van der Waals surface area contributed by atoms with E-state index in [-0.39, 0.29) is 18.0 Å². The number of hydrogen-bond donors (Lipinski definition) is 3. The van der Waals surface area contributed by atoms with Crippen molar-refractivity contribution in [2.45, 2.75) is 45.8 Å². The highest BCUT2D eigenvalue weighted by atomic mass is 32.1. The normalized spacial score (nSPS) is 14.8. The molecule has 0 aromatic carbocycles. The average molecular weight is 349 g/mol. The van der Waals surface area contributed by atoms with Gasteiger partial charge in [0.2, 0.25) is 5.91 Å². The van der Waals surface area contributed by atoms with E-state index in [4.69, 9.17) is 5.73 Å². The first kappa shape index (κ1) is 18.2. The fraction of sp³-hybridized carbons (Fsp3) is 0.438. The Labute approximate surface area is 145 Å². The van der Waals surface area contributed by atoms with Gasteiger partial charge in [-0.3, -0.25) is 14.3 Å². The van der Waals surface area contributed by atoms with Gasteiger partial charge in [-0.15, -0.1) is 11.3 Å². The van der Waals surface area contributed by atoms with Crippen LogP contribution in [0.25, 0.3) is 0 Å². The Morgan fingerprint density at radius 3 is 2.62 bits per heavy atom. The molecule has 2 aromatic rings. The first-order valence-corrected chi connectivity index (χ1v) is 8.62. The van der Waals surface area contributed by atoms with Gasteiger partial charge in [0.05, 0.1) is 23.8 Å². The van der Waals surface area contributed by atoms with Crippen LogP contribution in [0.15, 0.2) is 23.8 Å². The second-order valence-corrected chi connectivity index (χ2v) is 6.85. The first-order chi connectivity index (χ1) is 11.3. The van der Waals surface area contributed by atoms with Gasteiger partial charge in [0.1, 0.15) is 5.00 Å². The Hall–Kier alpha value is -2.19. The monoisotopic (exact) mass is 349 g/mol. The molecule has 130 valence electrons. The van der Waals surface area contributed by atoms with Crippen molar-refractivity contribution in [1.29, 1.82) is 0 Å². The number of rotatable bonds is 7. The molecule has 3 unspecified atom stereocenters. The summed E-state index contributed by atoms with van der Waals surface area (Å²) in [6.07, 6.45) is 3.78. The highest BCUT2D eigenvalue weighted by molar-refractivity contribution is 7.14. The zero-order valence-electron chi connectivity index (χ0n) is 14.2. The van der Waals surface area contributed by atoms with Gasteiger partial charge in [0.25, 0.3) is 5.91 Å². The van der Waals surface area contributed by atoms with E-state index in [0.717, 1.165) is 5.56 Å². The lowest BCUT2D eigenvalue weighted by atomic mass is 10.1. The zero-order valence-corrected chi connectivity index (χ0v) is 15.1. The van der Waals surface area contributed by atoms with Crippen molar-refractivity contribution in [3.05, 3.63) is 35.0 Å². The predicted molar refractivity (Wildman–Crippen MR) is 95.2 cm³/mol. The summed E-state index contributed by atoms with van der Waals surface area (Å²) in [5.41, 5.74) is 6.71. The first-order valence-electron chi connectivity index (χ1n) is 7.74. The molecule has 0 aliphatic rings. The zero-order chi connectivity index (χ0) is 17.9. The number of nitrogens with one attached hydrogen (secondary N) is 2. The van der Waals surface area contributed by atoms with Gasteiger partial charge in [-0.25, -0.2) is 0 Å². The summed E-state index contributed by atoms with van der Waals surface area (Å²) in [6.45, 7) is 7.82. The summed E-state index contributed by atoms with van der Waals surface area (Å²) in [6, 6.07) is 1.30. The van der Waals surface area contributed by atoms with Crippen LogP contribution < -0.4 is 16.4 Å². The molecule has 2 rings (SSSR count). The van der Waals surface area contributed by atoms with Crippen LogP contribution >= 0.6 is 11.3 Å². The fourth-order valence-corrected chi connectivity index (χ4v) is 3.11. The van der Waals surface area contributed by atoms with Crippen LogP contribution in [0.3, 0.4) is 0 Å². The summed E-state index contributed by atoms with van der Waals surface area (Å²) in [4.78, 5) is 23.7. The Kier molecular flexibility index (Phi) is 5.74. The summed E-state index contributed by atoms with van der Waals surface area (Å²) < 4.78 is 1.88. The maximum Gasteiger partial charge on any atom is 0.251 e. The standard InChI is InChI=1S/C16H23N5O2S/c1-9-7-18-21(8-9)12(4)10(2)19-11(3)15(23)20-16-13(14(17)22)5-6-24-16/h5-8,10-12,19H,1-4H3,(H2,17,22)(H,20,23). The Bertz CT molecular complexity index is 724. The van der Waals surface area contributed by atoms with Crippen LogP contribution in [0.2, 0.25) is 0 Å². The molecule has 7 nitrogen and oxygen atoms in total. The third-order valence-corrected chi connectivity index (χ3v) is 4.77. The maximum absolute atomic E-state index is 12.3. The number of aryl methyl sites for hydroxylation is 1. The Morgan fingerprint density at radius 2 is 2.04 bits per heavy atom. The Balaban J connectivity index is 1.95. The van der Waals surface area contributed by atoms with Gasteiger partial charge >= 0.3 is 0 Å². The molecule has 4 N–H and O–H groups in total. The smallest absolute Gasteiger partial charge is 0.251 e. The van der Waals surface area contributed by atoms with Gasteiger partial charge in [-0.05, 0) is 44.7 Å². The van der Waals surface area contributed by atoms with Crippen LogP contribution in [0, 0.1) is 6.92 Å². The second-order valence-electron chi connectivity index (χ2n) is 5.93. The van der Waals surface area contributed by atoms with E-state index >= 15 is 0 Å². The van der Waals surface area contributed by atoms with E-state index in [2.05, 4.69) is 15.7 Å². The van der Waals surface area contributed by atoms with E-state index in [0.29, 0.717) is 10.6 Å². The molecule has 0 bridgehead atoms. The molecule has 0 spiro atoms. The molecule has 8 heteroatoms. The highest BCUT2D eigenvalue weighted by Gasteiger charge is 2.22. The van der Waals surface area contributed by atoms with E-state index in [1.807, 2.05) is 37.8 Å². The van der Waals surface area contributed by atoms with Crippen LogP contribution in [0.5, 0.6) is 0 Å². The molecule has 2 heterocycles. The van der Waals surface area contributed by atoms with Crippen LogP contribution in [0.1, 0.15) is 42.7 Å². The molecule has 0 saturated carbocycles. The molecule has 0 aliphatic carbocycles. The molecule has 3 atom stereocenters. The third-order valence-electron chi connectivity index (χ3n) is 3.95. The van der Waals surface area contributed by atoms with E-state index < -0.39 is 11.9 Å². The number of nitrogens with two attached hydrogens (primary N) is 1. The topological polar surface area (TPSA) is 102 Å². The lowest BCUT2D eigenvalue weighted by Gasteiger charge is -2.25. The number of anilines is 1. The molecular weight excluding hydrogens is 326 g/mol. The largest absolute Gasteiger partial charge is 0.366 e. The van der Waals surface area contributed by atoms with Crippen LogP contribution in [-0.2, 0) is 4.79 Å². The predicted octanol–water partition coefficient (Wildman–Crippen LogP) is 1.92. The molecule has 0 saturated heterocycles. The van der Waals surface area contributed by atoms with Gasteiger partial charge in [-0.2, -0.15) is 5.10 Å². The maximum atomic E-state index is 12.3. The number of carbonyl (C=O) groups excluding carboxylic acids is 2. The average Bonchev–Trinajstić information content (AvgIpc) is 3.15. The van der Waals surface area contributed by atoms with Crippen molar-refractivity contribution in [2.24, 2.45) is 5.73 Å². The van der Waals surface area contributed by atoms with Crippen molar-refractivity contribution < 1.29 is 9.59 Å². The number of thiophene rings is 1. The fourth-order valence-electron chi connectivity index (χ4n) is 2.31. The number of primary amides is 1. The molecule has 0 fully saturated rings. The third kappa shape index (κ3) is 4.21.